The molecule has 0 heterocycles. The summed E-state index contributed by atoms with van der Waals surface area (Å²) < 4.78 is 15.6. The molecule has 6 heteroatoms. The molecule has 0 spiro atoms. The second kappa shape index (κ2) is 5.72. The molecule has 0 saturated heterocycles. The van der Waals surface area contributed by atoms with Crippen molar-refractivity contribution >= 4 is 21.9 Å². The van der Waals surface area contributed by atoms with Crippen LogP contribution in [-0.2, 0) is 4.74 Å². The zero-order chi connectivity index (χ0) is 12.1. The Balaban J connectivity index is 3.12. The first-order chi connectivity index (χ1) is 7.60. The number of hydrogen-bond donors (Lipinski definition) is 1. The fourth-order valence-electron chi connectivity index (χ4n) is 1.10. The molecular formula is C10H11BrO5. The van der Waals surface area contributed by atoms with Gasteiger partial charge in [0.2, 0.25) is 0 Å². The van der Waals surface area contributed by atoms with Gasteiger partial charge in [0.05, 0.1) is 17.1 Å². The van der Waals surface area contributed by atoms with Crippen LogP contribution in [0, 0.1) is 0 Å². The van der Waals surface area contributed by atoms with E-state index in [1.54, 1.807) is 0 Å². The number of aromatic carboxylic acids is 1. The number of rotatable bonds is 5. The molecule has 0 aliphatic heterocycles. The van der Waals surface area contributed by atoms with E-state index in [-0.39, 0.29) is 12.4 Å². The van der Waals surface area contributed by atoms with Gasteiger partial charge in [-0.3, -0.25) is 0 Å². The summed E-state index contributed by atoms with van der Waals surface area (Å²) in [7, 11) is 2.93. The standard InChI is InChI=1S/C10H11BrO5/c1-14-5-16-9-7(11)3-6(10(12)13)4-8(9)15-2/h3-4H,5H2,1-2H3,(H,12,13). The van der Waals surface area contributed by atoms with Gasteiger partial charge in [-0.2, -0.15) is 0 Å². The van der Waals surface area contributed by atoms with E-state index in [1.807, 2.05) is 0 Å². The van der Waals surface area contributed by atoms with Crippen molar-refractivity contribution in [2.24, 2.45) is 0 Å². The molecule has 0 aliphatic rings. The Kier molecular flexibility index (Phi) is 4.57. The lowest BCUT2D eigenvalue weighted by Crippen LogP contribution is -2.04. The highest BCUT2D eigenvalue weighted by Crippen LogP contribution is 2.36. The monoisotopic (exact) mass is 290 g/mol. The molecule has 0 fully saturated rings. The quantitative estimate of drug-likeness (QED) is 0.842. The van der Waals surface area contributed by atoms with Crippen molar-refractivity contribution in [1.82, 2.24) is 0 Å². The van der Waals surface area contributed by atoms with Gasteiger partial charge in [0.1, 0.15) is 0 Å². The second-order valence-electron chi connectivity index (χ2n) is 2.85. The van der Waals surface area contributed by atoms with Crippen LogP contribution in [0.4, 0.5) is 0 Å². The maximum Gasteiger partial charge on any atom is 0.335 e. The highest BCUT2D eigenvalue weighted by molar-refractivity contribution is 9.10. The first-order valence-electron chi connectivity index (χ1n) is 4.32. The van der Waals surface area contributed by atoms with Gasteiger partial charge in [-0.05, 0) is 28.1 Å². The van der Waals surface area contributed by atoms with Crippen LogP contribution in [0.1, 0.15) is 10.4 Å². The SMILES string of the molecule is COCOc1c(Br)cc(C(=O)O)cc1OC. The Labute approximate surface area is 101 Å². The van der Waals surface area contributed by atoms with Crippen molar-refractivity contribution in [2.45, 2.75) is 0 Å². The van der Waals surface area contributed by atoms with Crippen LogP contribution in [0.2, 0.25) is 0 Å². The van der Waals surface area contributed by atoms with Crippen LogP contribution < -0.4 is 9.47 Å². The van der Waals surface area contributed by atoms with Gasteiger partial charge in [-0.15, -0.1) is 0 Å². The maximum atomic E-state index is 10.8. The molecule has 0 amide bonds. The summed E-state index contributed by atoms with van der Waals surface area (Å²) in [4.78, 5) is 10.8. The number of methoxy groups -OCH3 is 2. The molecule has 0 atom stereocenters. The zero-order valence-electron chi connectivity index (χ0n) is 8.82. The molecule has 1 N–H and O–H groups in total. The fourth-order valence-corrected chi connectivity index (χ4v) is 1.66. The van der Waals surface area contributed by atoms with Crippen molar-refractivity contribution in [3.8, 4) is 11.5 Å². The van der Waals surface area contributed by atoms with Crippen LogP contribution >= 0.6 is 15.9 Å². The topological polar surface area (TPSA) is 65.0 Å². The van der Waals surface area contributed by atoms with Gasteiger partial charge in [0.15, 0.2) is 18.3 Å². The molecule has 1 aromatic rings. The van der Waals surface area contributed by atoms with Gasteiger partial charge in [0, 0.05) is 7.11 Å². The fraction of sp³-hybridized carbons (Fsp3) is 0.300. The zero-order valence-corrected chi connectivity index (χ0v) is 10.4. The maximum absolute atomic E-state index is 10.8. The molecule has 0 aromatic heterocycles. The summed E-state index contributed by atoms with van der Waals surface area (Å²) in [6.07, 6.45) is 0. The summed E-state index contributed by atoms with van der Waals surface area (Å²) in [6, 6.07) is 2.83. The molecule has 16 heavy (non-hydrogen) atoms. The lowest BCUT2D eigenvalue weighted by atomic mass is 10.2. The van der Waals surface area contributed by atoms with E-state index in [1.165, 1.54) is 26.4 Å². The van der Waals surface area contributed by atoms with Crippen molar-refractivity contribution < 1.29 is 24.1 Å². The van der Waals surface area contributed by atoms with Crippen LogP contribution in [0.25, 0.3) is 0 Å². The Morgan fingerprint density at radius 1 is 1.44 bits per heavy atom. The number of carboxylic acid groups (broad SMARTS) is 1. The normalized spacial score (nSPS) is 9.94. The third-order valence-corrected chi connectivity index (χ3v) is 2.39. The molecule has 88 valence electrons. The van der Waals surface area contributed by atoms with Gasteiger partial charge in [-0.1, -0.05) is 0 Å². The highest BCUT2D eigenvalue weighted by Gasteiger charge is 2.14. The van der Waals surface area contributed by atoms with Gasteiger partial charge in [0.25, 0.3) is 0 Å². The first-order valence-corrected chi connectivity index (χ1v) is 5.12. The number of hydrogen-bond acceptors (Lipinski definition) is 4. The van der Waals surface area contributed by atoms with Crippen molar-refractivity contribution in [1.29, 1.82) is 0 Å². The van der Waals surface area contributed by atoms with Crippen LogP contribution in [0.15, 0.2) is 16.6 Å². The van der Waals surface area contributed by atoms with E-state index < -0.39 is 5.97 Å². The number of halogens is 1. The van der Waals surface area contributed by atoms with Gasteiger partial charge < -0.3 is 19.3 Å². The summed E-state index contributed by atoms with van der Waals surface area (Å²) >= 11 is 3.21. The van der Waals surface area contributed by atoms with E-state index in [0.29, 0.717) is 16.0 Å². The van der Waals surface area contributed by atoms with Gasteiger partial charge >= 0.3 is 5.97 Å². The highest BCUT2D eigenvalue weighted by atomic mass is 79.9. The van der Waals surface area contributed by atoms with Crippen molar-refractivity contribution in [2.75, 3.05) is 21.0 Å². The molecule has 0 aliphatic carbocycles. The van der Waals surface area contributed by atoms with Crippen molar-refractivity contribution in [3.63, 3.8) is 0 Å². The predicted octanol–water partition coefficient (Wildman–Crippen LogP) is 2.14. The average Bonchev–Trinajstić information content (AvgIpc) is 2.26. The minimum atomic E-state index is -1.03. The van der Waals surface area contributed by atoms with Crippen LogP contribution in [0.3, 0.4) is 0 Å². The van der Waals surface area contributed by atoms with E-state index in [4.69, 9.17) is 19.3 Å². The predicted molar refractivity (Wildman–Crippen MR) is 60.2 cm³/mol. The summed E-state index contributed by atoms with van der Waals surface area (Å²) in [6.45, 7) is 0.0569. The number of benzene rings is 1. The van der Waals surface area contributed by atoms with E-state index in [2.05, 4.69) is 15.9 Å². The van der Waals surface area contributed by atoms with Crippen molar-refractivity contribution in [3.05, 3.63) is 22.2 Å². The Bertz CT molecular complexity index is 391. The Hall–Kier alpha value is -1.27. The smallest absolute Gasteiger partial charge is 0.335 e. The Morgan fingerprint density at radius 3 is 2.62 bits per heavy atom. The van der Waals surface area contributed by atoms with Crippen LogP contribution in [-0.4, -0.2) is 32.1 Å². The minimum absolute atomic E-state index is 0.0569. The number of carbonyl (C=O) groups is 1. The third-order valence-electron chi connectivity index (χ3n) is 1.80. The summed E-state index contributed by atoms with van der Waals surface area (Å²) in [5.74, 6) is -0.282. The van der Waals surface area contributed by atoms with E-state index in [9.17, 15) is 4.79 Å². The molecular weight excluding hydrogens is 280 g/mol. The molecule has 5 nitrogen and oxygen atoms in total. The first kappa shape index (κ1) is 12.8. The van der Waals surface area contributed by atoms with Gasteiger partial charge in [-0.25, -0.2) is 4.79 Å². The Morgan fingerprint density at radius 2 is 2.12 bits per heavy atom. The molecule has 0 bridgehead atoms. The molecule has 0 unspecified atom stereocenters. The molecule has 1 aromatic carbocycles. The average molecular weight is 291 g/mol. The minimum Gasteiger partial charge on any atom is -0.493 e. The summed E-state index contributed by atoms with van der Waals surface area (Å²) in [5, 5.41) is 8.85. The largest absolute Gasteiger partial charge is 0.493 e. The van der Waals surface area contributed by atoms with E-state index >= 15 is 0 Å². The summed E-state index contributed by atoms with van der Waals surface area (Å²) in [5.41, 5.74) is 0.119. The second-order valence-corrected chi connectivity index (χ2v) is 3.70. The molecule has 0 saturated carbocycles. The third kappa shape index (κ3) is 2.86. The van der Waals surface area contributed by atoms with E-state index in [0.717, 1.165) is 0 Å². The molecule has 1 rings (SSSR count). The number of ether oxygens (including phenoxy) is 3. The van der Waals surface area contributed by atoms with Crippen LogP contribution in [0.5, 0.6) is 11.5 Å². The molecule has 0 radical (unpaired) electrons. The lowest BCUT2D eigenvalue weighted by Gasteiger charge is -2.12. The number of carboxylic acids is 1. The lowest BCUT2D eigenvalue weighted by molar-refractivity contribution is 0.0485.